The molecule has 2 rings (SSSR count). The van der Waals surface area contributed by atoms with Gasteiger partial charge in [0.2, 0.25) is 0 Å². The van der Waals surface area contributed by atoms with Crippen molar-refractivity contribution in [3.8, 4) is 0 Å². The highest BCUT2D eigenvalue weighted by Gasteiger charge is 2.48. The Balaban J connectivity index is 2.38. The molecule has 1 unspecified atom stereocenters. The van der Waals surface area contributed by atoms with Crippen molar-refractivity contribution >= 4 is 21.9 Å². The largest absolute Gasteiger partial charge is 0.481 e. The van der Waals surface area contributed by atoms with Crippen molar-refractivity contribution in [3.63, 3.8) is 0 Å². The molecule has 1 atom stereocenters. The molecule has 5 heteroatoms. The van der Waals surface area contributed by atoms with E-state index in [4.69, 9.17) is 0 Å². The lowest BCUT2D eigenvalue weighted by Gasteiger charge is -2.25. The van der Waals surface area contributed by atoms with E-state index in [9.17, 15) is 18.7 Å². The minimum absolute atomic E-state index is 0.00721. The quantitative estimate of drug-likeness (QED) is 0.858. The molecule has 1 fully saturated rings. The summed E-state index contributed by atoms with van der Waals surface area (Å²) >= 11 is 2.99. The summed E-state index contributed by atoms with van der Waals surface area (Å²) in [5, 5.41) is 9.30. The summed E-state index contributed by atoms with van der Waals surface area (Å²) in [4.78, 5) is 11.4. The number of benzene rings is 1. The van der Waals surface area contributed by atoms with E-state index in [1.807, 2.05) is 0 Å². The summed E-state index contributed by atoms with van der Waals surface area (Å²) in [6.45, 7) is 1.56. The first-order valence-corrected chi connectivity index (χ1v) is 6.51. The van der Waals surface area contributed by atoms with Crippen LogP contribution in [0.5, 0.6) is 0 Å². The Kier molecular flexibility index (Phi) is 3.45. The van der Waals surface area contributed by atoms with Gasteiger partial charge >= 0.3 is 5.97 Å². The highest BCUT2D eigenvalue weighted by atomic mass is 79.9. The molecule has 1 aromatic rings. The maximum absolute atomic E-state index is 13.9. The summed E-state index contributed by atoms with van der Waals surface area (Å²) in [5.41, 5.74) is -1.25. The van der Waals surface area contributed by atoms with E-state index in [0.29, 0.717) is 0 Å². The van der Waals surface area contributed by atoms with E-state index < -0.39 is 23.0 Å². The molecule has 0 bridgehead atoms. The normalized spacial score (nSPS) is 18.4. The number of carbonyl (C=O) groups is 1. The molecule has 0 amide bonds. The van der Waals surface area contributed by atoms with Crippen LogP contribution in [0.4, 0.5) is 8.78 Å². The van der Waals surface area contributed by atoms with Gasteiger partial charge in [-0.05, 0) is 60.2 Å². The number of carboxylic acids is 1. The SMILES string of the molecule is CC(Cc1c(F)ccc(Br)c1F)(C(=O)O)C1CC1. The Hall–Kier alpha value is -0.970. The molecule has 1 aromatic carbocycles. The Morgan fingerprint density at radius 1 is 1.50 bits per heavy atom. The van der Waals surface area contributed by atoms with Crippen molar-refractivity contribution < 1.29 is 18.7 Å². The molecule has 1 saturated carbocycles. The van der Waals surface area contributed by atoms with Gasteiger partial charge in [-0.15, -0.1) is 0 Å². The van der Waals surface area contributed by atoms with Gasteiger partial charge in [0.25, 0.3) is 0 Å². The number of aliphatic carboxylic acids is 1. The highest BCUT2D eigenvalue weighted by molar-refractivity contribution is 9.10. The minimum atomic E-state index is -1.09. The van der Waals surface area contributed by atoms with Gasteiger partial charge in [-0.1, -0.05) is 0 Å². The molecule has 2 nitrogen and oxygen atoms in total. The fraction of sp³-hybridized carbons (Fsp3) is 0.462. The van der Waals surface area contributed by atoms with Crippen LogP contribution in [0.25, 0.3) is 0 Å². The molecule has 0 spiro atoms. The molecule has 0 heterocycles. The van der Waals surface area contributed by atoms with Crippen LogP contribution in [0.2, 0.25) is 0 Å². The first-order valence-electron chi connectivity index (χ1n) is 5.72. The lowest BCUT2D eigenvalue weighted by atomic mass is 9.79. The molecule has 1 aliphatic carbocycles. The zero-order valence-electron chi connectivity index (χ0n) is 9.84. The average Bonchev–Trinajstić information content (AvgIpc) is 3.13. The van der Waals surface area contributed by atoms with Crippen molar-refractivity contribution in [2.24, 2.45) is 11.3 Å². The topological polar surface area (TPSA) is 37.3 Å². The Bertz CT molecular complexity index is 500. The lowest BCUT2D eigenvalue weighted by Crippen LogP contribution is -2.33. The van der Waals surface area contributed by atoms with Gasteiger partial charge < -0.3 is 5.11 Å². The molecule has 0 saturated heterocycles. The van der Waals surface area contributed by atoms with E-state index >= 15 is 0 Å². The average molecular weight is 319 g/mol. The third-order valence-electron chi connectivity index (χ3n) is 3.65. The predicted octanol–water partition coefficient (Wildman–Crippen LogP) is 3.77. The Morgan fingerprint density at radius 3 is 2.61 bits per heavy atom. The summed E-state index contributed by atoms with van der Waals surface area (Å²) in [6.07, 6.45) is 1.49. The molecular formula is C13H13BrF2O2. The van der Waals surface area contributed by atoms with Gasteiger partial charge in [-0.3, -0.25) is 4.79 Å². The number of halogens is 3. The monoisotopic (exact) mass is 318 g/mol. The van der Waals surface area contributed by atoms with Gasteiger partial charge in [0.1, 0.15) is 11.6 Å². The van der Waals surface area contributed by atoms with Crippen LogP contribution in [0.15, 0.2) is 16.6 Å². The fourth-order valence-electron chi connectivity index (χ4n) is 2.21. The maximum atomic E-state index is 13.9. The first kappa shape index (κ1) is 13.5. The van der Waals surface area contributed by atoms with Gasteiger partial charge in [0.15, 0.2) is 0 Å². The van der Waals surface area contributed by atoms with E-state index in [-0.39, 0.29) is 22.4 Å². The smallest absolute Gasteiger partial charge is 0.309 e. The van der Waals surface area contributed by atoms with Crippen LogP contribution in [-0.4, -0.2) is 11.1 Å². The lowest BCUT2D eigenvalue weighted by molar-refractivity contribution is -0.149. The predicted molar refractivity (Wildman–Crippen MR) is 66.2 cm³/mol. The van der Waals surface area contributed by atoms with Crippen LogP contribution >= 0.6 is 15.9 Å². The molecule has 0 radical (unpaired) electrons. The number of hydrogen-bond donors (Lipinski definition) is 1. The van der Waals surface area contributed by atoms with Crippen molar-refractivity contribution in [2.45, 2.75) is 26.2 Å². The molecule has 0 aromatic heterocycles. The zero-order chi connectivity index (χ0) is 13.5. The van der Waals surface area contributed by atoms with Crippen LogP contribution in [0.3, 0.4) is 0 Å². The number of hydrogen-bond acceptors (Lipinski definition) is 1. The molecular weight excluding hydrogens is 306 g/mol. The third-order valence-corrected chi connectivity index (χ3v) is 4.26. The van der Waals surface area contributed by atoms with Crippen molar-refractivity contribution in [2.75, 3.05) is 0 Å². The van der Waals surface area contributed by atoms with Gasteiger partial charge in [0.05, 0.1) is 9.89 Å². The first-order chi connectivity index (χ1) is 8.36. The Labute approximate surface area is 112 Å². The molecule has 98 valence electrons. The van der Waals surface area contributed by atoms with E-state index in [0.717, 1.165) is 18.9 Å². The molecule has 0 aliphatic heterocycles. The Morgan fingerprint density at radius 2 is 2.11 bits per heavy atom. The summed E-state index contributed by atoms with van der Waals surface area (Å²) < 4.78 is 27.7. The molecule has 1 N–H and O–H groups in total. The molecule has 1 aliphatic rings. The van der Waals surface area contributed by atoms with Gasteiger partial charge in [0, 0.05) is 5.56 Å². The molecule has 18 heavy (non-hydrogen) atoms. The summed E-state index contributed by atoms with van der Waals surface area (Å²) in [6, 6.07) is 2.43. The maximum Gasteiger partial charge on any atom is 0.309 e. The van der Waals surface area contributed by atoms with Crippen molar-refractivity contribution in [3.05, 3.63) is 33.8 Å². The second kappa shape index (κ2) is 4.61. The van der Waals surface area contributed by atoms with E-state index in [1.54, 1.807) is 6.92 Å². The van der Waals surface area contributed by atoms with Crippen molar-refractivity contribution in [1.82, 2.24) is 0 Å². The zero-order valence-corrected chi connectivity index (χ0v) is 11.4. The van der Waals surface area contributed by atoms with Crippen LogP contribution in [0.1, 0.15) is 25.3 Å². The second-order valence-electron chi connectivity index (χ2n) is 5.00. The van der Waals surface area contributed by atoms with Crippen LogP contribution in [0, 0.1) is 23.0 Å². The van der Waals surface area contributed by atoms with Crippen LogP contribution in [-0.2, 0) is 11.2 Å². The number of carboxylic acid groups (broad SMARTS) is 1. The van der Waals surface area contributed by atoms with Crippen LogP contribution < -0.4 is 0 Å². The summed E-state index contributed by atoms with van der Waals surface area (Å²) in [5.74, 6) is -2.39. The number of rotatable bonds is 4. The van der Waals surface area contributed by atoms with Crippen molar-refractivity contribution in [1.29, 1.82) is 0 Å². The second-order valence-corrected chi connectivity index (χ2v) is 5.85. The third kappa shape index (κ3) is 2.28. The fourth-order valence-corrected chi connectivity index (χ4v) is 2.58. The minimum Gasteiger partial charge on any atom is -0.481 e. The van der Waals surface area contributed by atoms with Gasteiger partial charge in [-0.25, -0.2) is 8.78 Å². The van der Waals surface area contributed by atoms with Gasteiger partial charge in [-0.2, -0.15) is 0 Å². The standard InChI is InChI=1S/C13H13BrF2O2/c1-13(12(17)18,7-2-3-7)6-8-10(15)5-4-9(14)11(8)16/h4-5,7H,2-3,6H2,1H3,(H,17,18). The highest BCUT2D eigenvalue weighted by Crippen LogP contribution is 2.48. The van der Waals surface area contributed by atoms with E-state index in [2.05, 4.69) is 15.9 Å². The van der Waals surface area contributed by atoms with E-state index in [1.165, 1.54) is 6.07 Å². The summed E-state index contributed by atoms with van der Waals surface area (Å²) in [7, 11) is 0.